The van der Waals surface area contributed by atoms with E-state index < -0.39 is 11.9 Å². The number of Topliss-reactive ketones (excluding diaryl/α,β-unsaturated/α-hetero) is 1. The van der Waals surface area contributed by atoms with Crippen molar-refractivity contribution in [1.82, 2.24) is 0 Å². The summed E-state index contributed by atoms with van der Waals surface area (Å²) in [6.45, 7) is 0. The zero-order chi connectivity index (χ0) is 13.8. The van der Waals surface area contributed by atoms with Crippen molar-refractivity contribution in [3.05, 3.63) is 64.7 Å². The number of ketones is 1. The van der Waals surface area contributed by atoms with E-state index in [9.17, 15) is 9.90 Å². The van der Waals surface area contributed by atoms with Crippen LogP contribution in [-0.4, -0.2) is 18.0 Å². The lowest BCUT2D eigenvalue weighted by Gasteiger charge is -2.12. The number of benzene rings is 2. The lowest BCUT2D eigenvalue weighted by molar-refractivity contribution is 0.0747. The number of hydrogen-bond acceptors (Lipinski definition) is 3. The van der Waals surface area contributed by atoms with E-state index in [0.29, 0.717) is 21.9 Å². The Morgan fingerprint density at radius 2 is 1.95 bits per heavy atom. The molecule has 0 fully saturated rings. The molecule has 0 saturated heterocycles. The molecule has 0 unspecified atom stereocenters. The Kier molecular flexibility index (Phi) is 4.20. The Hall–Kier alpha value is -1.84. The molecule has 2 aromatic carbocycles. The second-order valence-corrected chi connectivity index (χ2v) is 4.43. The monoisotopic (exact) mass is 276 g/mol. The van der Waals surface area contributed by atoms with Crippen molar-refractivity contribution in [3.8, 4) is 5.75 Å². The predicted molar refractivity (Wildman–Crippen MR) is 73.7 cm³/mol. The number of aliphatic hydroxyl groups is 1. The number of carbonyl (C=O) groups is 1. The van der Waals surface area contributed by atoms with Crippen molar-refractivity contribution in [2.45, 2.75) is 6.10 Å². The highest BCUT2D eigenvalue weighted by atomic mass is 35.5. The average Bonchev–Trinajstić information content (AvgIpc) is 2.46. The highest BCUT2D eigenvalue weighted by molar-refractivity contribution is 6.31. The summed E-state index contributed by atoms with van der Waals surface area (Å²) in [6.07, 6.45) is -1.28. The fourth-order valence-corrected chi connectivity index (χ4v) is 2.01. The number of methoxy groups -OCH3 is 1. The van der Waals surface area contributed by atoms with E-state index in [1.165, 1.54) is 7.11 Å². The zero-order valence-corrected chi connectivity index (χ0v) is 11.1. The van der Waals surface area contributed by atoms with Crippen molar-refractivity contribution in [1.29, 1.82) is 0 Å². The third kappa shape index (κ3) is 2.95. The predicted octanol–water partition coefficient (Wildman–Crippen LogP) is 3.26. The maximum absolute atomic E-state index is 12.2. The van der Waals surface area contributed by atoms with E-state index >= 15 is 0 Å². The van der Waals surface area contributed by atoms with E-state index in [1.54, 1.807) is 48.5 Å². The first-order chi connectivity index (χ1) is 9.13. The molecule has 0 saturated carbocycles. The van der Waals surface area contributed by atoms with Crippen LogP contribution in [0.1, 0.15) is 22.0 Å². The number of hydrogen-bond donors (Lipinski definition) is 1. The summed E-state index contributed by atoms with van der Waals surface area (Å²) in [7, 11) is 1.52. The molecular formula is C15H13ClO3. The highest BCUT2D eigenvalue weighted by Gasteiger charge is 2.21. The quantitative estimate of drug-likeness (QED) is 0.872. The van der Waals surface area contributed by atoms with E-state index in [4.69, 9.17) is 16.3 Å². The normalized spacial score (nSPS) is 11.9. The van der Waals surface area contributed by atoms with Gasteiger partial charge in [0.1, 0.15) is 11.9 Å². The number of rotatable bonds is 4. The lowest BCUT2D eigenvalue weighted by atomic mass is 10.00. The van der Waals surface area contributed by atoms with E-state index in [-0.39, 0.29) is 0 Å². The minimum atomic E-state index is -1.28. The molecule has 1 N–H and O–H groups in total. The minimum absolute atomic E-state index is 0.367. The van der Waals surface area contributed by atoms with Crippen molar-refractivity contribution in [2.75, 3.05) is 7.11 Å². The molecule has 4 heteroatoms. The van der Waals surface area contributed by atoms with E-state index in [1.807, 2.05) is 0 Å². The average molecular weight is 277 g/mol. The molecule has 0 aliphatic rings. The van der Waals surface area contributed by atoms with Gasteiger partial charge in [-0.15, -0.1) is 0 Å². The smallest absolute Gasteiger partial charge is 0.196 e. The van der Waals surface area contributed by atoms with Crippen molar-refractivity contribution in [2.24, 2.45) is 0 Å². The van der Waals surface area contributed by atoms with Crippen molar-refractivity contribution < 1.29 is 14.6 Å². The molecule has 0 aliphatic heterocycles. The Morgan fingerprint density at radius 1 is 1.21 bits per heavy atom. The molecule has 2 aromatic rings. The van der Waals surface area contributed by atoms with Crippen LogP contribution in [0.15, 0.2) is 48.5 Å². The maximum Gasteiger partial charge on any atom is 0.196 e. The highest BCUT2D eigenvalue weighted by Crippen LogP contribution is 2.26. The van der Waals surface area contributed by atoms with Crippen LogP contribution >= 0.6 is 11.6 Å². The Labute approximate surface area is 116 Å². The maximum atomic E-state index is 12.2. The third-order valence-electron chi connectivity index (χ3n) is 2.80. The van der Waals surface area contributed by atoms with Gasteiger partial charge in [-0.3, -0.25) is 4.79 Å². The summed E-state index contributed by atoms with van der Waals surface area (Å²) in [5.74, 6) is 0.157. The summed E-state index contributed by atoms with van der Waals surface area (Å²) in [4.78, 5) is 12.2. The van der Waals surface area contributed by atoms with Gasteiger partial charge in [-0.05, 0) is 18.2 Å². The first kappa shape index (κ1) is 13.6. The second kappa shape index (κ2) is 5.87. The van der Waals surface area contributed by atoms with Gasteiger partial charge >= 0.3 is 0 Å². The summed E-state index contributed by atoms with van der Waals surface area (Å²) < 4.78 is 5.05. The van der Waals surface area contributed by atoms with Crippen LogP contribution in [0.3, 0.4) is 0 Å². The van der Waals surface area contributed by atoms with Gasteiger partial charge in [-0.2, -0.15) is 0 Å². The van der Waals surface area contributed by atoms with Crippen LogP contribution in [0.4, 0.5) is 0 Å². The molecule has 0 spiro atoms. The standard InChI is InChI=1S/C15H13ClO3/c1-19-11-6-4-5-10(9-11)14(17)15(18)12-7-2-3-8-13(12)16/h2-9,15,18H,1H3/t15-/m1/s1. The van der Waals surface area contributed by atoms with Gasteiger partial charge < -0.3 is 9.84 Å². The van der Waals surface area contributed by atoms with Gasteiger partial charge in [0.05, 0.1) is 7.11 Å². The molecule has 0 heterocycles. The summed E-state index contributed by atoms with van der Waals surface area (Å²) in [5.41, 5.74) is 0.781. The molecule has 0 aliphatic carbocycles. The Balaban J connectivity index is 2.31. The fraction of sp³-hybridized carbons (Fsp3) is 0.133. The first-order valence-corrected chi connectivity index (χ1v) is 6.12. The number of aliphatic hydroxyl groups excluding tert-OH is 1. The minimum Gasteiger partial charge on any atom is -0.497 e. The van der Waals surface area contributed by atoms with Gasteiger partial charge in [-0.1, -0.05) is 41.9 Å². The number of ether oxygens (including phenoxy) is 1. The molecule has 98 valence electrons. The van der Waals surface area contributed by atoms with Gasteiger partial charge in [0.2, 0.25) is 0 Å². The van der Waals surface area contributed by atoms with Crippen LogP contribution in [-0.2, 0) is 0 Å². The van der Waals surface area contributed by atoms with E-state index in [0.717, 1.165) is 0 Å². The third-order valence-corrected chi connectivity index (χ3v) is 3.15. The largest absolute Gasteiger partial charge is 0.497 e. The molecule has 1 atom stereocenters. The van der Waals surface area contributed by atoms with E-state index in [2.05, 4.69) is 0 Å². The molecular weight excluding hydrogens is 264 g/mol. The van der Waals surface area contributed by atoms with Crippen LogP contribution in [0.5, 0.6) is 5.75 Å². The molecule has 3 nitrogen and oxygen atoms in total. The SMILES string of the molecule is COc1cccc(C(=O)[C@H](O)c2ccccc2Cl)c1. The van der Waals surface area contributed by atoms with Crippen molar-refractivity contribution >= 4 is 17.4 Å². The topological polar surface area (TPSA) is 46.5 Å². The molecule has 0 aromatic heterocycles. The lowest BCUT2D eigenvalue weighted by Crippen LogP contribution is -2.12. The molecule has 0 radical (unpaired) electrons. The second-order valence-electron chi connectivity index (χ2n) is 4.02. The van der Waals surface area contributed by atoms with Crippen LogP contribution in [0.2, 0.25) is 5.02 Å². The zero-order valence-electron chi connectivity index (χ0n) is 10.3. The van der Waals surface area contributed by atoms with Crippen molar-refractivity contribution in [3.63, 3.8) is 0 Å². The number of halogens is 1. The summed E-state index contributed by atoms with van der Waals surface area (Å²) in [5, 5.41) is 10.5. The number of carbonyl (C=O) groups excluding carboxylic acids is 1. The summed E-state index contributed by atoms with van der Waals surface area (Å²) >= 11 is 5.97. The molecule has 0 amide bonds. The molecule has 2 rings (SSSR count). The molecule has 0 bridgehead atoms. The molecule has 19 heavy (non-hydrogen) atoms. The Bertz CT molecular complexity index is 595. The fourth-order valence-electron chi connectivity index (χ4n) is 1.77. The van der Waals surface area contributed by atoms with Gasteiger partial charge in [-0.25, -0.2) is 0 Å². The van der Waals surface area contributed by atoms with Gasteiger partial charge in [0.25, 0.3) is 0 Å². The van der Waals surface area contributed by atoms with Crippen LogP contribution < -0.4 is 4.74 Å². The van der Waals surface area contributed by atoms with Crippen LogP contribution in [0, 0.1) is 0 Å². The van der Waals surface area contributed by atoms with Gasteiger partial charge in [0.15, 0.2) is 5.78 Å². The van der Waals surface area contributed by atoms with Gasteiger partial charge in [0, 0.05) is 16.1 Å². The Morgan fingerprint density at radius 3 is 2.63 bits per heavy atom. The first-order valence-electron chi connectivity index (χ1n) is 5.74. The van der Waals surface area contributed by atoms with Crippen LogP contribution in [0.25, 0.3) is 0 Å². The summed E-state index contributed by atoms with van der Waals surface area (Å²) in [6, 6.07) is 13.4.